The maximum Gasteiger partial charge on any atom is 0.253 e. The van der Waals surface area contributed by atoms with E-state index < -0.39 is 6.04 Å². The van der Waals surface area contributed by atoms with Crippen molar-refractivity contribution < 1.29 is 9.59 Å². The van der Waals surface area contributed by atoms with Gasteiger partial charge < -0.3 is 20.9 Å². The van der Waals surface area contributed by atoms with Crippen LogP contribution in [-0.2, 0) is 11.3 Å². The molecule has 0 aliphatic rings. The lowest BCUT2D eigenvalue weighted by Crippen LogP contribution is -2.36. The number of aryl methyl sites for hydroxylation is 1. The van der Waals surface area contributed by atoms with Crippen LogP contribution in [0.15, 0.2) is 71.2 Å². The molecule has 2 atom stereocenters. The summed E-state index contributed by atoms with van der Waals surface area (Å²) in [4.78, 5) is 30.9. The van der Waals surface area contributed by atoms with E-state index in [4.69, 9.17) is 10.7 Å². The minimum Gasteiger partial charge on any atom is -0.342 e. The first-order valence-corrected chi connectivity index (χ1v) is 13.1. The second kappa shape index (κ2) is 11.3. The normalized spacial score (nSPS) is 12.9. The highest BCUT2D eigenvalue weighted by Crippen LogP contribution is 2.29. The van der Waals surface area contributed by atoms with E-state index in [9.17, 15) is 9.59 Å². The van der Waals surface area contributed by atoms with Gasteiger partial charge in [0.05, 0.1) is 34.4 Å². The number of fused-ring (bicyclic) bond motifs is 1. The van der Waals surface area contributed by atoms with Crippen molar-refractivity contribution in [3.63, 3.8) is 0 Å². The highest BCUT2D eigenvalue weighted by molar-refractivity contribution is 9.10. The topological polar surface area (TPSA) is 102 Å². The number of aromatic nitrogens is 2. The number of hydrogen-bond acceptors (Lipinski definition) is 4. The molecule has 4 rings (SSSR count). The maximum atomic E-state index is 13.6. The molecule has 2 amide bonds. The van der Waals surface area contributed by atoms with E-state index in [-0.39, 0.29) is 23.8 Å². The van der Waals surface area contributed by atoms with Crippen molar-refractivity contribution >= 4 is 44.5 Å². The molecule has 1 unspecified atom stereocenters. The average molecular weight is 563 g/mol. The molecule has 0 aliphatic heterocycles. The van der Waals surface area contributed by atoms with Crippen LogP contribution in [0.25, 0.3) is 11.0 Å². The van der Waals surface area contributed by atoms with Gasteiger partial charge in [-0.2, -0.15) is 0 Å². The number of rotatable bonds is 8. The summed E-state index contributed by atoms with van der Waals surface area (Å²) in [7, 11) is 0. The predicted molar refractivity (Wildman–Crippen MR) is 151 cm³/mol. The first-order chi connectivity index (χ1) is 17.6. The maximum absolute atomic E-state index is 13.6. The van der Waals surface area contributed by atoms with Gasteiger partial charge in [-0.25, -0.2) is 4.98 Å². The minimum absolute atomic E-state index is 0.0475. The van der Waals surface area contributed by atoms with Gasteiger partial charge in [0, 0.05) is 11.0 Å². The van der Waals surface area contributed by atoms with Gasteiger partial charge in [0.1, 0.15) is 5.82 Å². The summed E-state index contributed by atoms with van der Waals surface area (Å²) in [6.07, 6.45) is 0. The molecule has 0 bridgehead atoms. The lowest BCUT2D eigenvalue weighted by atomic mass is 10.0. The van der Waals surface area contributed by atoms with Crippen LogP contribution in [-0.4, -0.2) is 27.4 Å². The Kier molecular flexibility index (Phi) is 8.10. The number of nitrogens with two attached hydrogens (primary N) is 1. The van der Waals surface area contributed by atoms with Crippen molar-refractivity contribution in [2.45, 2.75) is 46.3 Å². The molecule has 0 saturated carbocycles. The number of amides is 2. The summed E-state index contributed by atoms with van der Waals surface area (Å²) in [5.74, 6) is 0.174. The Morgan fingerprint density at radius 2 is 1.76 bits per heavy atom. The number of anilines is 1. The third-order valence-corrected chi connectivity index (χ3v) is 6.74. The molecule has 192 valence electrons. The van der Waals surface area contributed by atoms with Crippen LogP contribution in [0.1, 0.15) is 54.1 Å². The third-order valence-electron chi connectivity index (χ3n) is 6.25. The molecule has 37 heavy (non-hydrogen) atoms. The molecular formula is C29H32BrN5O2. The van der Waals surface area contributed by atoms with Gasteiger partial charge in [-0.3, -0.25) is 9.59 Å². The quantitative estimate of drug-likeness (QED) is 0.261. The molecule has 1 heterocycles. The largest absolute Gasteiger partial charge is 0.342 e. The van der Waals surface area contributed by atoms with Crippen molar-refractivity contribution in [1.82, 2.24) is 14.9 Å². The molecule has 0 fully saturated rings. The average Bonchev–Trinajstić information content (AvgIpc) is 3.19. The lowest BCUT2D eigenvalue weighted by Gasteiger charge is -2.24. The second-order valence-corrected chi connectivity index (χ2v) is 10.6. The van der Waals surface area contributed by atoms with E-state index in [2.05, 4.69) is 57.1 Å². The van der Waals surface area contributed by atoms with E-state index in [0.29, 0.717) is 17.8 Å². The number of halogens is 1. The minimum atomic E-state index is -0.697. The fourth-order valence-corrected chi connectivity index (χ4v) is 4.59. The number of carbonyl (C=O) groups is 2. The van der Waals surface area contributed by atoms with Crippen molar-refractivity contribution in [2.24, 2.45) is 11.7 Å². The van der Waals surface area contributed by atoms with Gasteiger partial charge in [-0.15, -0.1) is 0 Å². The van der Waals surface area contributed by atoms with Crippen LogP contribution in [0.3, 0.4) is 0 Å². The molecule has 0 aliphatic carbocycles. The van der Waals surface area contributed by atoms with Crippen LogP contribution in [0, 0.1) is 12.8 Å². The van der Waals surface area contributed by atoms with E-state index in [1.807, 2.05) is 49.4 Å². The molecule has 0 saturated heterocycles. The molecule has 7 nitrogen and oxygen atoms in total. The molecule has 4 N–H and O–H groups in total. The molecule has 1 aromatic heterocycles. The monoisotopic (exact) mass is 561 g/mol. The molecule has 3 aromatic carbocycles. The van der Waals surface area contributed by atoms with Crippen molar-refractivity contribution in [3.05, 3.63) is 93.7 Å². The number of imidazole rings is 1. The Morgan fingerprint density at radius 1 is 1.03 bits per heavy atom. The fraction of sp³-hybridized carbons (Fsp3) is 0.276. The van der Waals surface area contributed by atoms with Crippen molar-refractivity contribution in [2.75, 3.05) is 5.32 Å². The number of nitrogens with zero attached hydrogens (tertiary/aromatic N) is 2. The summed E-state index contributed by atoms with van der Waals surface area (Å²) < 4.78 is 3.10. The van der Waals surface area contributed by atoms with Gasteiger partial charge >= 0.3 is 0 Å². The van der Waals surface area contributed by atoms with Gasteiger partial charge in [0.2, 0.25) is 5.91 Å². The summed E-state index contributed by atoms with van der Waals surface area (Å²) in [6, 6.07) is 20.5. The van der Waals surface area contributed by atoms with Crippen LogP contribution in [0.4, 0.5) is 5.69 Å². The second-order valence-electron chi connectivity index (χ2n) is 9.70. The summed E-state index contributed by atoms with van der Waals surface area (Å²) in [5, 5.41) is 5.99. The van der Waals surface area contributed by atoms with E-state index in [1.165, 1.54) is 0 Å². The zero-order valence-electron chi connectivity index (χ0n) is 21.5. The van der Waals surface area contributed by atoms with E-state index in [1.54, 1.807) is 19.1 Å². The molecule has 0 spiro atoms. The fourth-order valence-electron chi connectivity index (χ4n) is 4.25. The van der Waals surface area contributed by atoms with Gasteiger partial charge in [0.25, 0.3) is 5.91 Å². The summed E-state index contributed by atoms with van der Waals surface area (Å²) in [5.41, 5.74) is 10.5. The lowest BCUT2D eigenvalue weighted by molar-refractivity contribution is -0.117. The Balaban J connectivity index is 1.74. The standard InChI is InChI=1S/C29H32BrN5O2/c1-17(2)26(34-29(37)22-12-10-18(3)14-23(22)33-28(36)19(4)31)27-32-24-15-21(30)11-13-25(24)35(27)16-20-8-6-5-7-9-20/h5-15,17,19,26H,16,31H2,1-4H3,(H,33,36)(H,34,37)/t19?,26-/m1/s1. The Labute approximate surface area is 225 Å². The summed E-state index contributed by atoms with van der Waals surface area (Å²) in [6.45, 7) is 8.25. The highest BCUT2D eigenvalue weighted by atomic mass is 79.9. The smallest absolute Gasteiger partial charge is 0.253 e. The third kappa shape index (κ3) is 6.09. The van der Waals surface area contributed by atoms with Crippen LogP contribution in [0.5, 0.6) is 0 Å². The highest BCUT2D eigenvalue weighted by Gasteiger charge is 2.27. The molecule has 4 aromatic rings. The van der Waals surface area contributed by atoms with Crippen LogP contribution in [0.2, 0.25) is 0 Å². The van der Waals surface area contributed by atoms with E-state index >= 15 is 0 Å². The number of hydrogen-bond donors (Lipinski definition) is 3. The molecular weight excluding hydrogens is 530 g/mol. The zero-order chi connectivity index (χ0) is 26.7. The number of nitrogens with one attached hydrogen (secondary N) is 2. The van der Waals surface area contributed by atoms with Crippen LogP contribution < -0.4 is 16.4 Å². The first kappa shape index (κ1) is 26.6. The van der Waals surface area contributed by atoms with Gasteiger partial charge in [-0.1, -0.05) is 66.2 Å². The Bertz CT molecular complexity index is 1430. The SMILES string of the molecule is Cc1ccc(C(=O)N[C@@H](c2nc3cc(Br)ccc3n2Cc2ccccc2)C(C)C)c(NC(=O)C(C)N)c1. The molecule has 8 heteroatoms. The Hall–Kier alpha value is -3.49. The van der Waals surface area contributed by atoms with Crippen LogP contribution >= 0.6 is 15.9 Å². The van der Waals surface area contributed by atoms with Crippen molar-refractivity contribution in [3.8, 4) is 0 Å². The number of carbonyl (C=O) groups excluding carboxylic acids is 2. The molecule has 0 radical (unpaired) electrons. The number of benzene rings is 3. The van der Waals surface area contributed by atoms with Gasteiger partial charge in [0.15, 0.2) is 0 Å². The predicted octanol–water partition coefficient (Wildman–Crippen LogP) is 5.57. The first-order valence-electron chi connectivity index (χ1n) is 12.3. The zero-order valence-corrected chi connectivity index (χ0v) is 23.0. The summed E-state index contributed by atoms with van der Waals surface area (Å²) >= 11 is 3.55. The van der Waals surface area contributed by atoms with E-state index in [0.717, 1.165) is 32.5 Å². The van der Waals surface area contributed by atoms with Gasteiger partial charge in [-0.05, 0) is 61.2 Å². The van der Waals surface area contributed by atoms with Crippen molar-refractivity contribution in [1.29, 1.82) is 0 Å². The Morgan fingerprint density at radius 3 is 2.43 bits per heavy atom.